The number of aromatic nitrogens is 4. The lowest BCUT2D eigenvalue weighted by Gasteiger charge is -2.17. The molecule has 5 heteroatoms. The minimum atomic E-state index is 0.859. The van der Waals surface area contributed by atoms with Gasteiger partial charge in [0.1, 0.15) is 5.69 Å². The molecule has 1 aromatic heterocycles. The Morgan fingerprint density at radius 3 is 2.77 bits per heavy atom. The van der Waals surface area contributed by atoms with Crippen LogP contribution in [0.5, 0.6) is 0 Å². The second-order valence-electron chi connectivity index (χ2n) is 5.73. The molecule has 110 valence electrons. The van der Waals surface area contributed by atoms with Gasteiger partial charge in [-0.1, -0.05) is 18.2 Å². The number of nitrogens with zero attached hydrogens (tertiary/aromatic N) is 5. The number of rotatable bonds is 3. The third-order valence-electron chi connectivity index (χ3n) is 3.92. The van der Waals surface area contributed by atoms with E-state index in [0.717, 1.165) is 46.5 Å². The molecule has 2 aliphatic rings. The summed E-state index contributed by atoms with van der Waals surface area (Å²) >= 11 is 0. The molecule has 0 aliphatic carbocycles. The third kappa shape index (κ3) is 2.02. The molecule has 0 bridgehead atoms. The van der Waals surface area contributed by atoms with Crippen LogP contribution in [-0.4, -0.2) is 45.1 Å². The van der Waals surface area contributed by atoms with Gasteiger partial charge in [-0.15, -0.1) is 0 Å². The van der Waals surface area contributed by atoms with Crippen LogP contribution in [0, 0.1) is 0 Å². The highest BCUT2D eigenvalue weighted by atomic mass is 15.1. The van der Waals surface area contributed by atoms with Crippen LogP contribution in [0.4, 0.5) is 0 Å². The lowest BCUT2D eigenvalue weighted by atomic mass is 10.2. The average molecular weight is 291 g/mol. The summed E-state index contributed by atoms with van der Waals surface area (Å²) in [6.07, 6.45) is 3.66. The molecule has 0 spiro atoms. The first-order valence-electron chi connectivity index (χ1n) is 7.37. The van der Waals surface area contributed by atoms with Crippen molar-refractivity contribution in [2.45, 2.75) is 6.54 Å². The van der Waals surface area contributed by atoms with Crippen LogP contribution >= 0.6 is 0 Å². The van der Waals surface area contributed by atoms with E-state index in [1.807, 2.05) is 30.5 Å². The molecule has 4 rings (SSSR count). The van der Waals surface area contributed by atoms with Crippen LogP contribution in [0.3, 0.4) is 0 Å². The molecule has 0 unspecified atom stereocenters. The fourth-order valence-electron chi connectivity index (χ4n) is 2.80. The molecule has 22 heavy (non-hydrogen) atoms. The standard InChI is InChI=1S/C17H17N5/c1-21(2)9-10-22-15-11-18-8-7-14(15)19-16-12-5-3-4-6-13(12)20-17(16)22/h3-8,11H,9-10H2,1-2H3. The van der Waals surface area contributed by atoms with Crippen LogP contribution in [0.2, 0.25) is 0 Å². The molecule has 0 radical (unpaired) electrons. The molecule has 5 nitrogen and oxygen atoms in total. The second kappa shape index (κ2) is 5.03. The van der Waals surface area contributed by atoms with Crippen LogP contribution < -0.4 is 0 Å². The Morgan fingerprint density at radius 2 is 1.91 bits per heavy atom. The lowest BCUT2D eigenvalue weighted by molar-refractivity contribution is 0.386. The van der Waals surface area contributed by atoms with Crippen molar-refractivity contribution in [2.24, 2.45) is 0 Å². The molecule has 0 N–H and O–H groups in total. The molecule has 0 fully saturated rings. The van der Waals surface area contributed by atoms with Crippen molar-refractivity contribution in [3.8, 4) is 11.5 Å². The molecule has 0 amide bonds. The first-order valence-corrected chi connectivity index (χ1v) is 7.37. The molecule has 0 atom stereocenters. The molecule has 2 aliphatic heterocycles. The third-order valence-corrected chi connectivity index (χ3v) is 3.92. The number of hydrogen-bond acceptors (Lipinski definition) is 4. The van der Waals surface area contributed by atoms with Crippen molar-refractivity contribution in [2.75, 3.05) is 20.6 Å². The van der Waals surface area contributed by atoms with E-state index >= 15 is 0 Å². The predicted octanol–water partition coefficient (Wildman–Crippen LogP) is 2.65. The average Bonchev–Trinajstić information content (AvgIpc) is 2.89. The van der Waals surface area contributed by atoms with Crippen molar-refractivity contribution < 1.29 is 0 Å². The van der Waals surface area contributed by atoms with Gasteiger partial charge < -0.3 is 9.47 Å². The summed E-state index contributed by atoms with van der Waals surface area (Å²) in [6.45, 7) is 1.80. The first-order chi connectivity index (χ1) is 10.7. The van der Waals surface area contributed by atoms with Crippen LogP contribution in [0.15, 0.2) is 42.7 Å². The van der Waals surface area contributed by atoms with E-state index in [1.54, 1.807) is 6.20 Å². The van der Waals surface area contributed by atoms with Crippen molar-refractivity contribution in [3.05, 3.63) is 42.7 Å². The number of hydrogen-bond donors (Lipinski definition) is 0. The van der Waals surface area contributed by atoms with Crippen LogP contribution in [0.1, 0.15) is 0 Å². The topological polar surface area (TPSA) is 46.8 Å². The molecular formula is C17H17N5. The summed E-state index contributed by atoms with van der Waals surface area (Å²) in [4.78, 5) is 16.0. The lowest BCUT2D eigenvalue weighted by Crippen LogP contribution is -2.20. The quantitative estimate of drug-likeness (QED) is 0.582. The van der Waals surface area contributed by atoms with Gasteiger partial charge in [0.2, 0.25) is 0 Å². The predicted molar refractivity (Wildman–Crippen MR) is 88.0 cm³/mol. The number of pyridine rings is 1. The summed E-state index contributed by atoms with van der Waals surface area (Å²) < 4.78 is 2.23. The first kappa shape index (κ1) is 13.2. The van der Waals surface area contributed by atoms with Gasteiger partial charge in [-0.25, -0.2) is 9.97 Å². The normalized spacial score (nSPS) is 12.0. The van der Waals surface area contributed by atoms with Crippen molar-refractivity contribution in [1.82, 2.24) is 24.4 Å². The van der Waals surface area contributed by atoms with E-state index < -0.39 is 0 Å². The Labute approximate surface area is 128 Å². The van der Waals surface area contributed by atoms with Gasteiger partial charge in [0.15, 0.2) is 5.82 Å². The fraction of sp³-hybridized carbons (Fsp3) is 0.235. The maximum atomic E-state index is 4.82. The smallest absolute Gasteiger partial charge is 0.160 e. The molecule has 3 heterocycles. The van der Waals surface area contributed by atoms with E-state index in [9.17, 15) is 0 Å². The molecule has 0 saturated heterocycles. The number of benzene rings is 1. The Bertz CT molecular complexity index is 925. The van der Waals surface area contributed by atoms with Gasteiger partial charge in [-0.05, 0) is 26.2 Å². The van der Waals surface area contributed by atoms with Crippen molar-refractivity contribution in [1.29, 1.82) is 0 Å². The number of fused-ring (bicyclic) bond motifs is 4. The number of para-hydroxylation sites is 1. The van der Waals surface area contributed by atoms with Crippen molar-refractivity contribution >= 4 is 21.9 Å². The van der Waals surface area contributed by atoms with E-state index in [2.05, 4.69) is 34.6 Å². The van der Waals surface area contributed by atoms with Gasteiger partial charge in [-0.2, -0.15) is 0 Å². The highest BCUT2D eigenvalue weighted by molar-refractivity contribution is 5.97. The SMILES string of the molecule is CN(C)CCn1c2nc3ccccc3c-2nc2ccncc21. The Kier molecular flexibility index (Phi) is 3.01. The largest absolute Gasteiger partial charge is 0.320 e. The van der Waals surface area contributed by atoms with Gasteiger partial charge in [0.25, 0.3) is 0 Å². The Balaban J connectivity index is 2.05. The van der Waals surface area contributed by atoms with Crippen molar-refractivity contribution in [3.63, 3.8) is 0 Å². The van der Waals surface area contributed by atoms with E-state index in [0.29, 0.717) is 0 Å². The highest BCUT2D eigenvalue weighted by Crippen LogP contribution is 2.31. The summed E-state index contributed by atoms with van der Waals surface area (Å²) in [5, 5.41) is 1.11. The fourth-order valence-corrected chi connectivity index (χ4v) is 2.80. The summed E-state index contributed by atoms with van der Waals surface area (Å²) in [6, 6.07) is 10.1. The molecule has 2 aromatic rings. The summed E-state index contributed by atoms with van der Waals surface area (Å²) in [5.41, 5.74) is 3.94. The minimum Gasteiger partial charge on any atom is -0.320 e. The van der Waals surface area contributed by atoms with E-state index in [-0.39, 0.29) is 0 Å². The van der Waals surface area contributed by atoms with Gasteiger partial charge >= 0.3 is 0 Å². The van der Waals surface area contributed by atoms with Gasteiger partial charge in [0, 0.05) is 24.7 Å². The van der Waals surface area contributed by atoms with Crippen LogP contribution in [0.25, 0.3) is 33.5 Å². The zero-order valence-electron chi connectivity index (χ0n) is 12.7. The second-order valence-corrected chi connectivity index (χ2v) is 5.73. The van der Waals surface area contributed by atoms with Gasteiger partial charge in [-0.3, -0.25) is 4.98 Å². The van der Waals surface area contributed by atoms with Crippen LogP contribution in [-0.2, 0) is 6.54 Å². The van der Waals surface area contributed by atoms with E-state index in [4.69, 9.17) is 9.97 Å². The Morgan fingerprint density at radius 1 is 1.05 bits per heavy atom. The number of likely N-dealkylation sites (N-methyl/N-ethyl adjacent to an activating group) is 1. The highest BCUT2D eigenvalue weighted by Gasteiger charge is 2.19. The zero-order chi connectivity index (χ0) is 15.1. The maximum absolute atomic E-state index is 4.82. The molecule has 1 aromatic carbocycles. The monoisotopic (exact) mass is 291 g/mol. The maximum Gasteiger partial charge on any atom is 0.160 e. The zero-order valence-corrected chi connectivity index (χ0v) is 12.7. The molecule has 0 saturated carbocycles. The molecular weight excluding hydrogens is 274 g/mol. The Hall–Kier alpha value is -2.53. The summed E-state index contributed by atoms with van der Waals surface area (Å²) in [5.74, 6) is 0.934. The van der Waals surface area contributed by atoms with Gasteiger partial charge in [0.05, 0.1) is 22.7 Å². The minimum absolute atomic E-state index is 0.859. The summed E-state index contributed by atoms with van der Waals surface area (Å²) in [7, 11) is 4.16. The van der Waals surface area contributed by atoms with E-state index in [1.165, 1.54) is 0 Å².